The minimum atomic E-state index is -1.48. The molecule has 1 aliphatic rings. The van der Waals surface area contributed by atoms with Crippen LogP contribution in [0.3, 0.4) is 0 Å². The second-order valence-corrected chi connectivity index (χ2v) is 6.20. The summed E-state index contributed by atoms with van der Waals surface area (Å²) >= 11 is 0. The minimum absolute atomic E-state index is 0.139. The molecule has 1 aromatic carbocycles. The van der Waals surface area contributed by atoms with Crippen molar-refractivity contribution < 1.29 is 39.2 Å². The third-order valence-electron chi connectivity index (χ3n) is 4.10. The number of nitro groups is 1. The van der Waals surface area contributed by atoms with E-state index in [0.717, 1.165) is 6.42 Å². The first-order chi connectivity index (χ1) is 13.4. The van der Waals surface area contributed by atoms with Crippen LogP contribution in [0.5, 0.6) is 5.75 Å². The summed E-state index contributed by atoms with van der Waals surface area (Å²) in [5, 5.41) is 43.4. The van der Waals surface area contributed by atoms with E-state index in [0.29, 0.717) is 6.54 Å². The zero-order valence-electron chi connectivity index (χ0n) is 15.3. The monoisotopic (exact) mass is 400 g/mol. The van der Waals surface area contributed by atoms with Gasteiger partial charge in [-0.25, -0.2) is 0 Å². The van der Waals surface area contributed by atoms with Gasteiger partial charge in [-0.1, -0.05) is 6.92 Å². The van der Waals surface area contributed by atoms with Crippen LogP contribution in [-0.4, -0.2) is 76.6 Å². The van der Waals surface area contributed by atoms with Crippen LogP contribution in [0.4, 0.5) is 5.69 Å². The zero-order chi connectivity index (χ0) is 20.7. The number of aliphatic hydroxyl groups is 3. The van der Waals surface area contributed by atoms with Crippen molar-refractivity contribution in [2.75, 3.05) is 19.8 Å². The number of carbonyl (C=O) groups excluding carboxylic acids is 1. The SMILES string of the molecule is CCCNC(=O)CO[C@H]1[C@@H](O)[C@@H](CO)O[C@@H](Oc2ccc([N+](=O)[O-])cc2)[C@@H]1O. The lowest BCUT2D eigenvalue weighted by Gasteiger charge is -2.41. The maximum atomic E-state index is 11.7. The quantitative estimate of drug-likeness (QED) is 0.311. The van der Waals surface area contributed by atoms with E-state index in [-0.39, 0.29) is 11.4 Å². The summed E-state index contributed by atoms with van der Waals surface area (Å²) in [4.78, 5) is 21.8. The number of aliphatic hydroxyl groups excluding tert-OH is 3. The van der Waals surface area contributed by atoms with E-state index in [1.165, 1.54) is 24.3 Å². The van der Waals surface area contributed by atoms with Gasteiger partial charge in [-0.05, 0) is 18.6 Å². The van der Waals surface area contributed by atoms with E-state index in [2.05, 4.69) is 5.32 Å². The van der Waals surface area contributed by atoms with Crippen molar-refractivity contribution in [3.8, 4) is 5.75 Å². The molecule has 1 saturated heterocycles. The van der Waals surface area contributed by atoms with E-state index in [1.807, 2.05) is 6.92 Å². The number of non-ortho nitro benzene ring substituents is 1. The highest BCUT2D eigenvalue weighted by Gasteiger charge is 2.46. The molecule has 1 aliphatic heterocycles. The molecule has 0 unspecified atom stereocenters. The summed E-state index contributed by atoms with van der Waals surface area (Å²) in [5.74, 6) is -0.247. The van der Waals surface area contributed by atoms with Crippen molar-refractivity contribution in [2.24, 2.45) is 0 Å². The van der Waals surface area contributed by atoms with Crippen LogP contribution in [0.2, 0.25) is 0 Å². The molecule has 0 bridgehead atoms. The van der Waals surface area contributed by atoms with E-state index < -0.39 is 54.8 Å². The lowest BCUT2D eigenvalue weighted by molar-refractivity contribution is -0.384. The highest BCUT2D eigenvalue weighted by Crippen LogP contribution is 2.27. The number of benzene rings is 1. The van der Waals surface area contributed by atoms with Gasteiger partial charge >= 0.3 is 0 Å². The van der Waals surface area contributed by atoms with Crippen LogP contribution >= 0.6 is 0 Å². The van der Waals surface area contributed by atoms with Crippen molar-refractivity contribution >= 4 is 11.6 Å². The Kier molecular flexibility index (Phi) is 8.08. The number of ether oxygens (including phenoxy) is 3. The number of amides is 1. The van der Waals surface area contributed by atoms with Gasteiger partial charge in [0.2, 0.25) is 12.2 Å². The topological polar surface area (TPSA) is 161 Å². The largest absolute Gasteiger partial charge is 0.462 e. The van der Waals surface area contributed by atoms with Crippen molar-refractivity contribution in [1.82, 2.24) is 5.32 Å². The van der Waals surface area contributed by atoms with Gasteiger partial charge in [-0.15, -0.1) is 0 Å². The van der Waals surface area contributed by atoms with E-state index in [4.69, 9.17) is 14.2 Å². The highest BCUT2D eigenvalue weighted by atomic mass is 16.7. The Morgan fingerprint density at radius 1 is 1.29 bits per heavy atom. The van der Waals surface area contributed by atoms with Gasteiger partial charge < -0.3 is 34.8 Å². The molecule has 156 valence electrons. The summed E-state index contributed by atoms with van der Waals surface area (Å²) in [7, 11) is 0. The number of nitrogens with zero attached hydrogens (tertiary/aromatic N) is 1. The Bertz CT molecular complexity index is 655. The fourth-order valence-corrected chi connectivity index (χ4v) is 2.62. The molecule has 1 heterocycles. The first-order valence-corrected chi connectivity index (χ1v) is 8.79. The highest BCUT2D eigenvalue weighted by molar-refractivity contribution is 5.77. The smallest absolute Gasteiger partial charge is 0.269 e. The molecule has 1 aromatic rings. The average molecular weight is 400 g/mol. The number of rotatable bonds is 9. The van der Waals surface area contributed by atoms with Crippen LogP contribution in [0.1, 0.15) is 13.3 Å². The molecular weight excluding hydrogens is 376 g/mol. The Labute approximate surface area is 161 Å². The van der Waals surface area contributed by atoms with E-state index in [1.54, 1.807) is 0 Å². The lowest BCUT2D eigenvalue weighted by Crippen LogP contribution is -2.61. The number of nitrogens with one attached hydrogen (secondary N) is 1. The Balaban J connectivity index is 2.05. The molecule has 2 rings (SSSR count). The van der Waals surface area contributed by atoms with Gasteiger partial charge in [0, 0.05) is 18.7 Å². The van der Waals surface area contributed by atoms with Crippen molar-refractivity contribution in [2.45, 2.75) is 44.1 Å². The second-order valence-electron chi connectivity index (χ2n) is 6.20. The van der Waals surface area contributed by atoms with Gasteiger partial charge in [-0.2, -0.15) is 0 Å². The van der Waals surface area contributed by atoms with Gasteiger partial charge in [-0.3, -0.25) is 14.9 Å². The summed E-state index contributed by atoms with van der Waals surface area (Å²) in [6.45, 7) is 1.38. The third kappa shape index (κ3) is 5.59. The molecule has 0 spiro atoms. The van der Waals surface area contributed by atoms with Gasteiger partial charge in [0.05, 0.1) is 11.5 Å². The van der Waals surface area contributed by atoms with Crippen molar-refractivity contribution in [3.63, 3.8) is 0 Å². The van der Waals surface area contributed by atoms with Crippen LogP contribution in [-0.2, 0) is 14.3 Å². The minimum Gasteiger partial charge on any atom is -0.462 e. The molecule has 11 nitrogen and oxygen atoms in total. The molecule has 0 aliphatic carbocycles. The van der Waals surface area contributed by atoms with E-state index in [9.17, 15) is 30.2 Å². The Morgan fingerprint density at radius 2 is 1.96 bits per heavy atom. The molecule has 5 atom stereocenters. The van der Waals surface area contributed by atoms with Gasteiger partial charge in [0.25, 0.3) is 5.69 Å². The number of nitro benzene ring substituents is 1. The number of hydrogen-bond donors (Lipinski definition) is 4. The normalized spacial score (nSPS) is 27.2. The molecule has 4 N–H and O–H groups in total. The molecule has 0 aromatic heterocycles. The lowest BCUT2D eigenvalue weighted by atomic mass is 9.99. The third-order valence-corrected chi connectivity index (χ3v) is 4.10. The second kappa shape index (κ2) is 10.3. The standard InChI is InChI=1S/C17H24N2O9/c1-2-7-18-13(21)9-26-16-14(22)12(8-20)28-17(15(16)23)27-11-5-3-10(4-6-11)19(24)25/h3-6,12,14-17,20,22-23H,2,7-9H2,1H3,(H,18,21)/t12-,14+,15-,16+,17-/m1/s1. The fourth-order valence-electron chi connectivity index (χ4n) is 2.62. The Hall–Kier alpha value is -2.31. The van der Waals surface area contributed by atoms with Crippen LogP contribution < -0.4 is 10.1 Å². The molecule has 0 radical (unpaired) electrons. The molecule has 1 amide bonds. The van der Waals surface area contributed by atoms with Crippen LogP contribution in [0, 0.1) is 10.1 Å². The summed E-state index contributed by atoms with van der Waals surface area (Å²) in [6.07, 6.45) is -5.82. The van der Waals surface area contributed by atoms with E-state index >= 15 is 0 Å². The predicted molar refractivity (Wildman–Crippen MR) is 94.5 cm³/mol. The Morgan fingerprint density at radius 3 is 2.54 bits per heavy atom. The van der Waals surface area contributed by atoms with Crippen molar-refractivity contribution in [3.05, 3.63) is 34.4 Å². The molecule has 1 fully saturated rings. The number of carbonyl (C=O) groups is 1. The van der Waals surface area contributed by atoms with Gasteiger partial charge in [0.1, 0.15) is 36.8 Å². The molecular formula is C17H24N2O9. The molecule has 28 heavy (non-hydrogen) atoms. The summed E-state index contributed by atoms with van der Waals surface area (Å²) in [6, 6.07) is 5.08. The first kappa shape index (κ1) is 22.0. The van der Waals surface area contributed by atoms with Crippen LogP contribution in [0.25, 0.3) is 0 Å². The summed E-state index contributed by atoms with van der Waals surface area (Å²) in [5.41, 5.74) is -0.139. The fraction of sp³-hybridized carbons (Fsp3) is 0.588. The molecule has 0 saturated carbocycles. The average Bonchev–Trinajstić information content (AvgIpc) is 2.68. The number of hydrogen-bond acceptors (Lipinski definition) is 9. The van der Waals surface area contributed by atoms with Crippen LogP contribution in [0.15, 0.2) is 24.3 Å². The van der Waals surface area contributed by atoms with Gasteiger partial charge in [0.15, 0.2) is 0 Å². The maximum absolute atomic E-state index is 11.7. The first-order valence-electron chi connectivity index (χ1n) is 8.79. The zero-order valence-corrected chi connectivity index (χ0v) is 15.3. The molecule has 11 heteroatoms. The maximum Gasteiger partial charge on any atom is 0.269 e. The predicted octanol–water partition coefficient (Wildman–Crippen LogP) is -0.676. The van der Waals surface area contributed by atoms with Crippen molar-refractivity contribution in [1.29, 1.82) is 0 Å². The summed E-state index contributed by atoms with van der Waals surface area (Å²) < 4.78 is 16.2.